The Balaban J connectivity index is 2.53. The summed E-state index contributed by atoms with van der Waals surface area (Å²) >= 11 is 4.40. The van der Waals surface area contributed by atoms with Gasteiger partial charge in [0.25, 0.3) is 0 Å². The third-order valence-corrected chi connectivity index (χ3v) is 3.52. The molecule has 0 aliphatic carbocycles. The lowest BCUT2D eigenvalue weighted by Crippen LogP contribution is -2.04. The highest BCUT2D eigenvalue weighted by atomic mass is 79.9. The molecule has 2 aromatic heterocycles. The third kappa shape index (κ3) is 3.10. The lowest BCUT2D eigenvalue weighted by Gasteiger charge is -2.06. The number of carboxylic acids is 1. The number of imidazole rings is 1. The number of fused-ring (bicyclic) bond motifs is 1. The SMILES string of the molecule is C=C(Br)Cn1c(SCC(=O)O)nc2c(OC)ncnc21. The number of allylic oxidation sites excluding steroid dienone is 1. The van der Waals surface area contributed by atoms with Gasteiger partial charge in [-0.25, -0.2) is 9.97 Å². The molecule has 0 aliphatic rings. The van der Waals surface area contributed by atoms with E-state index in [4.69, 9.17) is 9.84 Å². The molecule has 2 aromatic rings. The van der Waals surface area contributed by atoms with Crippen LogP contribution in [0.2, 0.25) is 0 Å². The number of carboxylic acid groups (broad SMARTS) is 1. The largest absolute Gasteiger partial charge is 0.481 e. The number of nitrogens with zero attached hydrogens (tertiary/aromatic N) is 4. The van der Waals surface area contributed by atoms with Crippen molar-refractivity contribution < 1.29 is 14.6 Å². The summed E-state index contributed by atoms with van der Waals surface area (Å²) in [7, 11) is 1.49. The number of ether oxygens (including phenoxy) is 1. The van der Waals surface area contributed by atoms with E-state index < -0.39 is 5.97 Å². The van der Waals surface area contributed by atoms with E-state index in [1.807, 2.05) is 0 Å². The second-order valence-electron chi connectivity index (χ2n) is 3.74. The fraction of sp³-hybridized carbons (Fsp3) is 0.273. The summed E-state index contributed by atoms with van der Waals surface area (Å²) in [4.78, 5) is 23.2. The van der Waals surface area contributed by atoms with Crippen molar-refractivity contribution in [3.05, 3.63) is 17.4 Å². The first-order chi connectivity index (χ1) is 9.52. The lowest BCUT2D eigenvalue weighted by molar-refractivity contribution is -0.133. The Kier molecular flexibility index (Phi) is 4.61. The summed E-state index contributed by atoms with van der Waals surface area (Å²) < 4.78 is 7.64. The second kappa shape index (κ2) is 6.23. The Morgan fingerprint density at radius 3 is 2.95 bits per heavy atom. The van der Waals surface area contributed by atoms with Crippen molar-refractivity contribution in [3.63, 3.8) is 0 Å². The van der Waals surface area contributed by atoms with Gasteiger partial charge in [-0.1, -0.05) is 34.3 Å². The summed E-state index contributed by atoms with van der Waals surface area (Å²) in [6.45, 7) is 4.21. The molecule has 0 spiro atoms. The van der Waals surface area contributed by atoms with Crippen LogP contribution in [0.25, 0.3) is 11.2 Å². The standard InChI is InChI=1S/C11H11BrN4O3S/c1-6(12)3-16-9-8(10(19-2)14-5-13-9)15-11(16)20-4-7(17)18/h5H,1,3-4H2,2H3,(H,17,18). The predicted molar refractivity (Wildman–Crippen MR) is 78.3 cm³/mol. The molecule has 0 unspecified atom stereocenters. The third-order valence-electron chi connectivity index (χ3n) is 2.31. The van der Waals surface area contributed by atoms with E-state index in [9.17, 15) is 4.79 Å². The number of hydrogen-bond acceptors (Lipinski definition) is 6. The molecule has 20 heavy (non-hydrogen) atoms. The van der Waals surface area contributed by atoms with Gasteiger partial charge in [0.1, 0.15) is 6.33 Å². The molecule has 0 saturated carbocycles. The average Bonchev–Trinajstić information content (AvgIpc) is 2.74. The van der Waals surface area contributed by atoms with Gasteiger partial charge >= 0.3 is 5.97 Å². The van der Waals surface area contributed by atoms with Crippen molar-refractivity contribution in [3.8, 4) is 5.88 Å². The molecule has 0 radical (unpaired) electrons. The van der Waals surface area contributed by atoms with Gasteiger partial charge < -0.3 is 9.84 Å². The highest BCUT2D eigenvalue weighted by molar-refractivity contribution is 9.11. The molecule has 2 heterocycles. The quantitative estimate of drug-likeness (QED) is 0.788. The molecule has 1 N–H and O–H groups in total. The van der Waals surface area contributed by atoms with Crippen LogP contribution in [0.15, 0.2) is 22.5 Å². The van der Waals surface area contributed by atoms with Gasteiger partial charge in [0, 0.05) is 4.48 Å². The minimum Gasteiger partial charge on any atom is -0.481 e. The summed E-state index contributed by atoms with van der Waals surface area (Å²) in [5, 5.41) is 9.32. The van der Waals surface area contributed by atoms with E-state index in [1.165, 1.54) is 13.4 Å². The number of halogens is 1. The highest BCUT2D eigenvalue weighted by Gasteiger charge is 2.17. The van der Waals surface area contributed by atoms with Crippen molar-refractivity contribution in [1.82, 2.24) is 19.5 Å². The number of methoxy groups -OCH3 is 1. The smallest absolute Gasteiger partial charge is 0.313 e. The number of aromatic nitrogens is 4. The zero-order chi connectivity index (χ0) is 14.7. The van der Waals surface area contributed by atoms with Gasteiger partial charge in [0.15, 0.2) is 16.3 Å². The first kappa shape index (κ1) is 14.8. The normalized spacial score (nSPS) is 10.7. The summed E-state index contributed by atoms with van der Waals surface area (Å²) in [6, 6.07) is 0. The Morgan fingerprint density at radius 1 is 1.60 bits per heavy atom. The second-order valence-corrected chi connectivity index (χ2v) is 5.80. The van der Waals surface area contributed by atoms with E-state index in [2.05, 4.69) is 37.5 Å². The molecule has 0 aromatic carbocycles. The van der Waals surface area contributed by atoms with Crippen LogP contribution >= 0.6 is 27.7 Å². The van der Waals surface area contributed by atoms with Gasteiger partial charge in [0.05, 0.1) is 19.4 Å². The van der Waals surface area contributed by atoms with Crippen LogP contribution in [-0.4, -0.2) is 43.5 Å². The Hall–Kier alpha value is -1.61. The molecule has 0 amide bonds. The number of aliphatic carboxylic acids is 1. The van der Waals surface area contributed by atoms with Crippen LogP contribution in [0.4, 0.5) is 0 Å². The maximum atomic E-state index is 10.7. The van der Waals surface area contributed by atoms with E-state index in [1.54, 1.807) is 4.57 Å². The molecule has 7 nitrogen and oxygen atoms in total. The highest BCUT2D eigenvalue weighted by Crippen LogP contribution is 2.28. The monoisotopic (exact) mass is 358 g/mol. The van der Waals surface area contributed by atoms with E-state index in [-0.39, 0.29) is 5.75 Å². The summed E-state index contributed by atoms with van der Waals surface area (Å²) in [5.41, 5.74) is 1.07. The summed E-state index contributed by atoms with van der Waals surface area (Å²) in [5.74, 6) is -0.649. The maximum absolute atomic E-state index is 10.7. The van der Waals surface area contributed by atoms with E-state index >= 15 is 0 Å². The Morgan fingerprint density at radius 2 is 2.35 bits per heavy atom. The van der Waals surface area contributed by atoms with Crippen LogP contribution < -0.4 is 4.74 Å². The van der Waals surface area contributed by atoms with Gasteiger partial charge in [0.2, 0.25) is 5.88 Å². The Labute approximate surface area is 127 Å². The molecular formula is C11H11BrN4O3S. The first-order valence-electron chi connectivity index (χ1n) is 5.46. The molecule has 0 saturated heterocycles. The van der Waals surface area contributed by atoms with Gasteiger partial charge in [-0.05, 0) is 0 Å². The van der Waals surface area contributed by atoms with Gasteiger partial charge in [-0.15, -0.1) is 0 Å². The van der Waals surface area contributed by atoms with Crippen molar-refractivity contribution in [2.45, 2.75) is 11.7 Å². The Bertz CT molecular complexity index is 673. The minimum absolute atomic E-state index is 0.0895. The molecule has 0 aliphatic heterocycles. The zero-order valence-corrected chi connectivity index (χ0v) is 12.9. The lowest BCUT2D eigenvalue weighted by atomic mass is 10.5. The number of hydrogen-bond donors (Lipinski definition) is 1. The van der Waals surface area contributed by atoms with Crippen molar-refractivity contribution >= 4 is 44.8 Å². The van der Waals surface area contributed by atoms with E-state index in [0.29, 0.717) is 28.7 Å². The number of carbonyl (C=O) groups is 1. The van der Waals surface area contributed by atoms with Crippen LogP contribution in [-0.2, 0) is 11.3 Å². The molecule has 2 rings (SSSR count). The van der Waals surface area contributed by atoms with Crippen LogP contribution in [0.5, 0.6) is 5.88 Å². The van der Waals surface area contributed by atoms with Crippen molar-refractivity contribution in [2.24, 2.45) is 0 Å². The van der Waals surface area contributed by atoms with E-state index in [0.717, 1.165) is 16.2 Å². The number of rotatable bonds is 6. The molecule has 9 heteroatoms. The zero-order valence-electron chi connectivity index (χ0n) is 10.5. The van der Waals surface area contributed by atoms with Crippen LogP contribution in [0.1, 0.15) is 0 Å². The van der Waals surface area contributed by atoms with Crippen LogP contribution in [0, 0.1) is 0 Å². The van der Waals surface area contributed by atoms with Gasteiger partial charge in [-0.2, -0.15) is 4.98 Å². The predicted octanol–water partition coefficient (Wildman–Crippen LogP) is 1.92. The molecule has 0 fully saturated rings. The van der Waals surface area contributed by atoms with Crippen LogP contribution in [0.3, 0.4) is 0 Å². The van der Waals surface area contributed by atoms with Crippen molar-refractivity contribution in [2.75, 3.05) is 12.9 Å². The molecular weight excluding hydrogens is 348 g/mol. The fourth-order valence-electron chi connectivity index (χ4n) is 1.60. The minimum atomic E-state index is -0.913. The molecule has 0 bridgehead atoms. The maximum Gasteiger partial charge on any atom is 0.313 e. The van der Waals surface area contributed by atoms with Gasteiger partial charge in [-0.3, -0.25) is 9.36 Å². The topological polar surface area (TPSA) is 90.1 Å². The molecule has 0 atom stereocenters. The number of thioether (sulfide) groups is 1. The molecule has 106 valence electrons. The summed E-state index contributed by atoms with van der Waals surface area (Å²) in [6.07, 6.45) is 1.38. The first-order valence-corrected chi connectivity index (χ1v) is 7.24. The fourth-order valence-corrected chi connectivity index (χ4v) is 2.56. The average molecular weight is 359 g/mol. The van der Waals surface area contributed by atoms with Crippen molar-refractivity contribution in [1.29, 1.82) is 0 Å².